The third-order valence-corrected chi connectivity index (χ3v) is 6.98. The van der Waals surface area contributed by atoms with Crippen LogP contribution < -0.4 is 15.5 Å². The molecule has 0 spiro atoms. The Balaban J connectivity index is 1.87. The number of carbonyl (C=O) groups is 1. The summed E-state index contributed by atoms with van der Waals surface area (Å²) in [7, 11) is -0.113. The van der Waals surface area contributed by atoms with Crippen LogP contribution in [0.4, 0.5) is 26.2 Å². The standard InChI is InChI=1S/C25H29FN4O3S/c1-4-16-30(34(32,33)23-13-10-20(26)11-14-23)18-19-17-22(12-15-24(19)29(2)3)28-25(31)27-21-8-6-5-7-9-21/h5-15,17H,4,16,18H2,1-3H3,(H2,27,28,31). The number of halogens is 1. The number of carbonyl (C=O) groups excluding carboxylic acids is 1. The molecule has 0 aliphatic heterocycles. The maximum absolute atomic E-state index is 13.3. The zero-order chi connectivity index (χ0) is 24.7. The van der Waals surface area contributed by atoms with Gasteiger partial charge in [-0.3, -0.25) is 0 Å². The first-order valence-corrected chi connectivity index (χ1v) is 12.3. The Labute approximate surface area is 200 Å². The van der Waals surface area contributed by atoms with Gasteiger partial charge in [-0.2, -0.15) is 4.31 Å². The van der Waals surface area contributed by atoms with E-state index in [1.807, 2.05) is 50.2 Å². The Bertz CT molecular complexity index is 1220. The number of nitrogens with one attached hydrogen (secondary N) is 2. The second kappa shape index (κ2) is 11.1. The van der Waals surface area contributed by atoms with Gasteiger partial charge in [0, 0.05) is 44.2 Å². The number of nitrogens with zero attached hydrogens (tertiary/aromatic N) is 2. The summed E-state index contributed by atoms with van der Waals surface area (Å²) in [6.07, 6.45) is 0.606. The maximum atomic E-state index is 13.3. The fraction of sp³-hybridized carbons (Fsp3) is 0.240. The maximum Gasteiger partial charge on any atom is 0.323 e. The van der Waals surface area contributed by atoms with Crippen LogP contribution in [0, 0.1) is 5.82 Å². The van der Waals surface area contributed by atoms with Crippen molar-refractivity contribution in [3.63, 3.8) is 0 Å². The van der Waals surface area contributed by atoms with E-state index in [2.05, 4.69) is 10.6 Å². The molecule has 3 aromatic carbocycles. The first-order chi connectivity index (χ1) is 16.2. The molecule has 0 heterocycles. The molecule has 0 unspecified atom stereocenters. The number of benzene rings is 3. The minimum absolute atomic E-state index is 0.0327. The Morgan fingerprint density at radius 2 is 1.56 bits per heavy atom. The molecular formula is C25H29FN4O3S. The highest BCUT2D eigenvalue weighted by atomic mass is 32.2. The van der Waals surface area contributed by atoms with E-state index in [0.29, 0.717) is 24.3 Å². The number of para-hydroxylation sites is 1. The van der Waals surface area contributed by atoms with Gasteiger partial charge in [0.2, 0.25) is 10.0 Å². The van der Waals surface area contributed by atoms with Gasteiger partial charge >= 0.3 is 6.03 Å². The van der Waals surface area contributed by atoms with Crippen LogP contribution in [-0.2, 0) is 16.6 Å². The molecule has 7 nitrogen and oxygen atoms in total. The molecule has 0 fully saturated rings. The molecule has 9 heteroatoms. The van der Waals surface area contributed by atoms with Gasteiger partial charge in [0.25, 0.3) is 0 Å². The lowest BCUT2D eigenvalue weighted by Gasteiger charge is -2.25. The van der Waals surface area contributed by atoms with E-state index in [9.17, 15) is 17.6 Å². The highest BCUT2D eigenvalue weighted by Gasteiger charge is 2.25. The summed E-state index contributed by atoms with van der Waals surface area (Å²) < 4.78 is 41.3. The second-order valence-corrected chi connectivity index (χ2v) is 9.91. The quantitative estimate of drug-likeness (QED) is 0.441. The van der Waals surface area contributed by atoms with Crippen LogP contribution >= 0.6 is 0 Å². The molecule has 0 aliphatic carbocycles. The Kier molecular flexibility index (Phi) is 8.25. The topological polar surface area (TPSA) is 81.8 Å². The van der Waals surface area contributed by atoms with Crippen molar-refractivity contribution in [2.24, 2.45) is 0 Å². The van der Waals surface area contributed by atoms with Gasteiger partial charge < -0.3 is 15.5 Å². The van der Waals surface area contributed by atoms with Crippen LogP contribution in [0.3, 0.4) is 0 Å². The lowest BCUT2D eigenvalue weighted by atomic mass is 10.1. The summed E-state index contributed by atoms with van der Waals surface area (Å²) >= 11 is 0. The Hall–Kier alpha value is -3.43. The SMILES string of the molecule is CCCN(Cc1cc(NC(=O)Nc2ccccc2)ccc1N(C)C)S(=O)(=O)c1ccc(F)cc1. The molecule has 3 aromatic rings. The molecule has 2 amide bonds. The van der Waals surface area contributed by atoms with Crippen LogP contribution in [0.25, 0.3) is 0 Å². The van der Waals surface area contributed by atoms with Gasteiger partial charge in [0.1, 0.15) is 5.82 Å². The van der Waals surface area contributed by atoms with Crippen molar-refractivity contribution >= 4 is 33.1 Å². The van der Waals surface area contributed by atoms with E-state index < -0.39 is 21.9 Å². The summed E-state index contributed by atoms with van der Waals surface area (Å²) in [6.45, 7) is 2.28. The monoisotopic (exact) mass is 484 g/mol. The van der Waals surface area contributed by atoms with E-state index in [0.717, 1.165) is 23.4 Å². The normalized spacial score (nSPS) is 11.3. The summed E-state index contributed by atoms with van der Waals surface area (Å²) in [5.74, 6) is -0.497. The van der Waals surface area contributed by atoms with Crippen molar-refractivity contribution < 1.29 is 17.6 Å². The molecule has 2 N–H and O–H groups in total. The highest BCUT2D eigenvalue weighted by Crippen LogP contribution is 2.27. The molecular weight excluding hydrogens is 455 g/mol. The molecule has 34 heavy (non-hydrogen) atoms. The average Bonchev–Trinajstić information content (AvgIpc) is 2.79. The number of sulfonamides is 1. The van der Waals surface area contributed by atoms with Gasteiger partial charge in [-0.05, 0) is 66.6 Å². The molecule has 3 rings (SSSR count). The van der Waals surface area contributed by atoms with Gasteiger partial charge in [-0.25, -0.2) is 17.6 Å². The van der Waals surface area contributed by atoms with Crippen molar-refractivity contribution in [1.82, 2.24) is 4.31 Å². The first-order valence-electron chi connectivity index (χ1n) is 10.9. The highest BCUT2D eigenvalue weighted by molar-refractivity contribution is 7.89. The number of anilines is 3. The lowest BCUT2D eigenvalue weighted by Crippen LogP contribution is -2.32. The van der Waals surface area contributed by atoms with E-state index in [4.69, 9.17) is 0 Å². The van der Waals surface area contributed by atoms with E-state index in [-0.39, 0.29) is 11.4 Å². The zero-order valence-corrected chi connectivity index (χ0v) is 20.3. The summed E-state index contributed by atoms with van der Waals surface area (Å²) in [5, 5.41) is 5.56. The molecule has 180 valence electrons. The predicted octanol–water partition coefficient (Wildman–Crippen LogP) is 5.14. The largest absolute Gasteiger partial charge is 0.377 e. The molecule has 0 aromatic heterocycles. The van der Waals surface area contributed by atoms with Crippen LogP contribution in [0.15, 0.2) is 77.7 Å². The van der Waals surface area contributed by atoms with Crippen LogP contribution in [0.5, 0.6) is 0 Å². The molecule has 0 bridgehead atoms. The van der Waals surface area contributed by atoms with E-state index in [1.165, 1.54) is 16.4 Å². The van der Waals surface area contributed by atoms with Crippen molar-refractivity contribution in [1.29, 1.82) is 0 Å². The molecule has 0 saturated heterocycles. The van der Waals surface area contributed by atoms with E-state index >= 15 is 0 Å². The van der Waals surface area contributed by atoms with Crippen LogP contribution in [0.2, 0.25) is 0 Å². The third-order valence-electron chi connectivity index (χ3n) is 5.12. The van der Waals surface area contributed by atoms with Gasteiger partial charge in [-0.15, -0.1) is 0 Å². The molecule has 0 radical (unpaired) electrons. The number of hydrogen-bond donors (Lipinski definition) is 2. The van der Waals surface area contributed by atoms with E-state index in [1.54, 1.807) is 24.3 Å². The number of amides is 2. The van der Waals surface area contributed by atoms with Crippen molar-refractivity contribution in [3.05, 3.63) is 84.2 Å². The zero-order valence-electron chi connectivity index (χ0n) is 19.5. The predicted molar refractivity (Wildman–Crippen MR) is 134 cm³/mol. The molecule has 0 aliphatic rings. The Morgan fingerprint density at radius 3 is 2.18 bits per heavy atom. The summed E-state index contributed by atoms with van der Waals surface area (Å²) in [5.41, 5.74) is 2.74. The second-order valence-electron chi connectivity index (χ2n) is 7.98. The van der Waals surface area contributed by atoms with Crippen LogP contribution in [-0.4, -0.2) is 39.4 Å². The summed E-state index contributed by atoms with van der Waals surface area (Å²) in [6, 6.07) is 18.8. The smallest absolute Gasteiger partial charge is 0.323 e. The first kappa shape index (κ1) is 25.2. The fourth-order valence-electron chi connectivity index (χ4n) is 3.52. The van der Waals surface area contributed by atoms with Gasteiger partial charge in [0.15, 0.2) is 0 Å². The Morgan fingerprint density at radius 1 is 0.912 bits per heavy atom. The number of urea groups is 1. The average molecular weight is 485 g/mol. The summed E-state index contributed by atoms with van der Waals surface area (Å²) in [4.78, 5) is 14.4. The third kappa shape index (κ3) is 6.33. The van der Waals surface area contributed by atoms with Gasteiger partial charge in [0.05, 0.1) is 4.90 Å². The lowest BCUT2D eigenvalue weighted by molar-refractivity contribution is 0.262. The number of hydrogen-bond acceptors (Lipinski definition) is 4. The van der Waals surface area contributed by atoms with Crippen molar-refractivity contribution in [2.75, 3.05) is 36.2 Å². The fourth-order valence-corrected chi connectivity index (χ4v) is 5.03. The van der Waals surface area contributed by atoms with Crippen LogP contribution in [0.1, 0.15) is 18.9 Å². The number of rotatable bonds is 9. The molecule has 0 atom stereocenters. The van der Waals surface area contributed by atoms with Crippen molar-refractivity contribution in [3.8, 4) is 0 Å². The van der Waals surface area contributed by atoms with Crippen molar-refractivity contribution in [2.45, 2.75) is 24.8 Å². The minimum atomic E-state index is -3.85. The minimum Gasteiger partial charge on any atom is -0.377 e. The van der Waals surface area contributed by atoms with Gasteiger partial charge in [-0.1, -0.05) is 25.1 Å². The molecule has 0 saturated carbocycles.